The standard InChI is InChI=1S/C12H15ClO2/c1-8-5-6-10(15-11(13)14)9(7-8)12(2,3)4/h5-7H,1-4H3. The van der Waals surface area contributed by atoms with Crippen LogP contribution in [0.1, 0.15) is 31.9 Å². The summed E-state index contributed by atoms with van der Waals surface area (Å²) in [5.74, 6) is 0.535. The van der Waals surface area contributed by atoms with Crippen LogP contribution < -0.4 is 4.74 Å². The molecule has 0 spiro atoms. The molecule has 0 bridgehead atoms. The molecule has 0 aliphatic carbocycles. The molecule has 0 radical (unpaired) electrons. The van der Waals surface area contributed by atoms with Crippen molar-refractivity contribution in [2.45, 2.75) is 33.1 Å². The second-order valence-electron chi connectivity index (χ2n) is 4.59. The van der Waals surface area contributed by atoms with Gasteiger partial charge in [0.05, 0.1) is 0 Å². The van der Waals surface area contributed by atoms with Gasteiger partial charge in [-0.2, -0.15) is 0 Å². The largest absolute Gasteiger partial charge is 0.414 e. The first-order chi connectivity index (χ1) is 6.80. The SMILES string of the molecule is Cc1ccc(OC(=O)Cl)c(C(C)(C)C)c1. The zero-order valence-electron chi connectivity index (χ0n) is 9.43. The number of carbonyl (C=O) groups excluding carboxylic acids is 1. The number of hydrogen-bond donors (Lipinski definition) is 0. The van der Waals surface area contributed by atoms with Crippen molar-refractivity contribution in [2.24, 2.45) is 0 Å². The molecule has 0 aliphatic rings. The Hall–Kier alpha value is -1.02. The molecule has 0 amide bonds. The minimum Gasteiger partial charge on any atom is -0.414 e. The number of benzene rings is 1. The first-order valence-electron chi connectivity index (χ1n) is 4.79. The van der Waals surface area contributed by atoms with Crippen LogP contribution in [-0.4, -0.2) is 5.43 Å². The van der Waals surface area contributed by atoms with Crippen LogP contribution in [0.15, 0.2) is 18.2 Å². The zero-order chi connectivity index (χ0) is 11.6. The van der Waals surface area contributed by atoms with Crippen molar-refractivity contribution < 1.29 is 9.53 Å². The molecule has 2 nitrogen and oxygen atoms in total. The van der Waals surface area contributed by atoms with Gasteiger partial charge in [-0.15, -0.1) is 0 Å². The van der Waals surface area contributed by atoms with Crippen molar-refractivity contribution in [1.29, 1.82) is 0 Å². The summed E-state index contributed by atoms with van der Waals surface area (Å²) in [7, 11) is 0. The maximum absolute atomic E-state index is 10.7. The normalized spacial score (nSPS) is 11.3. The highest BCUT2D eigenvalue weighted by Crippen LogP contribution is 2.32. The fraction of sp³-hybridized carbons (Fsp3) is 0.417. The lowest BCUT2D eigenvalue weighted by Crippen LogP contribution is -2.14. The quantitative estimate of drug-likeness (QED) is 0.676. The predicted octanol–water partition coefficient (Wildman–Crippen LogP) is 4.03. The average molecular weight is 227 g/mol. The Bertz CT molecular complexity index is 378. The number of carbonyl (C=O) groups is 1. The number of aryl methyl sites for hydroxylation is 1. The van der Waals surface area contributed by atoms with E-state index >= 15 is 0 Å². The van der Waals surface area contributed by atoms with Gasteiger partial charge in [0.1, 0.15) is 5.75 Å². The summed E-state index contributed by atoms with van der Waals surface area (Å²) in [6.45, 7) is 8.19. The summed E-state index contributed by atoms with van der Waals surface area (Å²) in [5, 5.41) is 0. The Morgan fingerprint density at radius 2 is 1.93 bits per heavy atom. The molecule has 0 unspecified atom stereocenters. The molecule has 15 heavy (non-hydrogen) atoms. The Balaban J connectivity index is 3.20. The molecule has 1 aromatic carbocycles. The molecule has 1 aromatic rings. The summed E-state index contributed by atoms with van der Waals surface area (Å²) in [6, 6.07) is 5.68. The summed E-state index contributed by atoms with van der Waals surface area (Å²) < 4.78 is 4.95. The third-order valence-corrected chi connectivity index (χ3v) is 2.21. The smallest absolute Gasteiger partial charge is 0.409 e. The van der Waals surface area contributed by atoms with E-state index in [4.69, 9.17) is 16.3 Å². The highest BCUT2D eigenvalue weighted by atomic mass is 35.5. The highest BCUT2D eigenvalue weighted by molar-refractivity contribution is 6.61. The topological polar surface area (TPSA) is 26.3 Å². The van der Waals surface area contributed by atoms with Gasteiger partial charge in [0.15, 0.2) is 0 Å². The third kappa shape index (κ3) is 3.24. The van der Waals surface area contributed by atoms with Gasteiger partial charge in [0.25, 0.3) is 0 Å². The number of ether oxygens (including phenoxy) is 1. The van der Waals surface area contributed by atoms with Gasteiger partial charge in [-0.3, -0.25) is 0 Å². The first kappa shape index (κ1) is 12.1. The van der Waals surface area contributed by atoms with Crippen LogP contribution in [0, 0.1) is 6.92 Å². The van der Waals surface area contributed by atoms with E-state index in [0.717, 1.165) is 11.1 Å². The van der Waals surface area contributed by atoms with Crippen LogP contribution in [0.25, 0.3) is 0 Å². The summed E-state index contributed by atoms with van der Waals surface area (Å²) >= 11 is 5.21. The van der Waals surface area contributed by atoms with Gasteiger partial charge in [-0.05, 0) is 18.4 Å². The zero-order valence-corrected chi connectivity index (χ0v) is 10.2. The fourth-order valence-corrected chi connectivity index (χ4v) is 1.49. The van der Waals surface area contributed by atoms with E-state index in [1.807, 2.05) is 19.1 Å². The second-order valence-corrected chi connectivity index (χ2v) is 4.90. The molecule has 82 valence electrons. The van der Waals surface area contributed by atoms with E-state index in [1.165, 1.54) is 0 Å². The van der Waals surface area contributed by atoms with Gasteiger partial charge in [0, 0.05) is 17.2 Å². The lowest BCUT2D eigenvalue weighted by Gasteiger charge is -2.22. The molecule has 0 heterocycles. The average Bonchev–Trinajstić information content (AvgIpc) is 2.05. The van der Waals surface area contributed by atoms with E-state index in [1.54, 1.807) is 6.07 Å². The summed E-state index contributed by atoms with van der Waals surface area (Å²) in [4.78, 5) is 10.7. The lowest BCUT2D eigenvalue weighted by molar-refractivity contribution is 0.224. The molecule has 3 heteroatoms. The van der Waals surface area contributed by atoms with Crippen LogP contribution in [0.4, 0.5) is 4.79 Å². The number of halogens is 1. The molecule has 0 N–H and O–H groups in total. The maximum Gasteiger partial charge on any atom is 0.409 e. The van der Waals surface area contributed by atoms with Crippen molar-refractivity contribution in [2.75, 3.05) is 0 Å². The van der Waals surface area contributed by atoms with Gasteiger partial charge in [-0.1, -0.05) is 38.5 Å². The van der Waals surface area contributed by atoms with Crippen molar-refractivity contribution in [3.63, 3.8) is 0 Å². The van der Waals surface area contributed by atoms with Gasteiger partial charge >= 0.3 is 5.43 Å². The molecule has 0 aliphatic heterocycles. The molecule has 0 saturated heterocycles. The van der Waals surface area contributed by atoms with Crippen LogP contribution in [0.3, 0.4) is 0 Å². The number of rotatable bonds is 1. The summed E-state index contributed by atoms with van der Waals surface area (Å²) in [6.07, 6.45) is 0. The maximum atomic E-state index is 10.7. The molecular weight excluding hydrogens is 212 g/mol. The monoisotopic (exact) mass is 226 g/mol. The van der Waals surface area contributed by atoms with E-state index in [2.05, 4.69) is 20.8 Å². The van der Waals surface area contributed by atoms with Crippen LogP contribution >= 0.6 is 11.6 Å². The van der Waals surface area contributed by atoms with Crippen LogP contribution in [0.5, 0.6) is 5.75 Å². The molecule has 1 rings (SSSR count). The molecule has 0 saturated carbocycles. The first-order valence-corrected chi connectivity index (χ1v) is 5.17. The predicted molar refractivity (Wildman–Crippen MR) is 61.8 cm³/mol. The highest BCUT2D eigenvalue weighted by Gasteiger charge is 2.20. The lowest BCUT2D eigenvalue weighted by atomic mass is 9.85. The Morgan fingerprint density at radius 3 is 2.40 bits per heavy atom. The molecule has 0 atom stereocenters. The van der Waals surface area contributed by atoms with Crippen LogP contribution in [-0.2, 0) is 5.41 Å². The van der Waals surface area contributed by atoms with Gasteiger partial charge < -0.3 is 4.74 Å². The second kappa shape index (κ2) is 4.23. The van der Waals surface area contributed by atoms with Crippen molar-refractivity contribution in [3.05, 3.63) is 29.3 Å². The van der Waals surface area contributed by atoms with Gasteiger partial charge in [0.2, 0.25) is 0 Å². The Labute approximate surface area is 95.2 Å². The third-order valence-electron chi connectivity index (χ3n) is 2.13. The Morgan fingerprint density at radius 1 is 1.33 bits per heavy atom. The van der Waals surface area contributed by atoms with Crippen LogP contribution in [0.2, 0.25) is 0 Å². The van der Waals surface area contributed by atoms with E-state index in [0.29, 0.717) is 5.75 Å². The summed E-state index contributed by atoms with van der Waals surface area (Å²) in [5.41, 5.74) is 1.24. The van der Waals surface area contributed by atoms with E-state index in [-0.39, 0.29) is 5.41 Å². The van der Waals surface area contributed by atoms with E-state index in [9.17, 15) is 4.79 Å². The minimum atomic E-state index is -0.802. The number of hydrogen-bond acceptors (Lipinski definition) is 2. The van der Waals surface area contributed by atoms with Crippen molar-refractivity contribution >= 4 is 17.0 Å². The Kier molecular flexibility index (Phi) is 3.40. The molecule has 0 aromatic heterocycles. The molecular formula is C12H15ClO2. The fourth-order valence-electron chi connectivity index (χ4n) is 1.41. The van der Waals surface area contributed by atoms with Gasteiger partial charge in [-0.25, -0.2) is 4.79 Å². The van der Waals surface area contributed by atoms with E-state index < -0.39 is 5.43 Å². The van der Waals surface area contributed by atoms with Crippen molar-refractivity contribution in [1.82, 2.24) is 0 Å². The molecule has 0 fully saturated rings. The minimum absolute atomic E-state index is 0.0757. The van der Waals surface area contributed by atoms with Crippen molar-refractivity contribution in [3.8, 4) is 5.75 Å².